The Morgan fingerprint density at radius 2 is 1.69 bits per heavy atom. The van der Waals surface area contributed by atoms with Gasteiger partial charge in [-0.05, 0) is 47.0 Å². The Hall–Kier alpha value is -2.33. The van der Waals surface area contributed by atoms with Crippen molar-refractivity contribution in [3.63, 3.8) is 0 Å². The van der Waals surface area contributed by atoms with E-state index in [4.69, 9.17) is 27.9 Å². The molecular formula is C21H16Cl2N2O. The van der Waals surface area contributed by atoms with Crippen LogP contribution in [0.15, 0.2) is 66.9 Å². The molecular weight excluding hydrogens is 367 g/mol. The molecule has 0 aliphatic heterocycles. The second-order valence-electron chi connectivity index (χ2n) is 6.04. The molecule has 0 radical (unpaired) electrons. The summed E-state index contributed by atoms with van der Waals surface area (Å²) < 4.78 is 7.13. The molecule has 0 spiro atoms. The van der Waals surface area contributed by atoms with Crippen LogP contribution in [0.1, 0.15) is 5.56 Å². The molecule has 4 rings (SSSR count). The zero-order chi connectivity index (χ0) is 18.1. The predicted octanol–water partition coefficient (Wildman–Crippen LogP) is 6.12. The van der Waals surface area contributed by atoms with E-state index in [0.717, 1.165) is 33.6 Å². The molecule has 0 saturated heterocycles. The van der Waals surface area contributed by atoms with Gasteiger partial charge in [-0.15, -0.1) is 0 Å². The molecule has 0 fully saturated rings. The van der Waals surface area contributed by atoms with Crippen LogP contribution >= 0.6 is 23.2 Å². The van der Waals surface area contributed by atoms with Gasteiger partial charge in [0.2, 0.25) is 0 Å². The maximum atomic E-state index is 6.62. The van der Waals surface area contributed by atoms with Crippen LogP contribution in [-0.4, -0.2) is 16.5 Å². The van der Waals surface area contributed by atoms with E-state index in [0.29, 0.717) is 16.8 Å². The summed E-state index contributed by atoms with van der Waals surface area (Å²) >= 11 is 12.6. The van der Waals surface area contributed by atoms with Gasteiger partial charge in [-0.25, -0.2) is 4.98 Å². The van der Waals surface area contributed by atoms with Gasteiger partial charge in [-0.3, -0.25) is 4.40 Å². The molecule has 0 aliphatic rings. The highest BCUT2D eigenvalue weighted by atomic mass is 35.5. The van der Waals surface area contributed by atoms with Crippen LogP contribution in [0.4, 0.5) is 0 Å². The average molecular weight is 383 g/mol. The summed E-state index contributed by atoms with van der Waals surface area (Å²) in [5, 5.41) is 1.27. The van der Waals surface area contributed by atoms with E-state index in [1.165, 1.54) is 0 Å². The minimum absolute atomic E-state index is 0.581. The van der Waals surface area contributed by atoms with Crippen molar-refractivity contribution in [1.82, 2.24) is 9.38 Å². The van der Waals surface area contributed by atoms with Crippen molar-refractivity contribution in [3.05, 3.63) is 82.6 Å². The maximum absolute atomic E-state index is 6.62. The van der Waals surface area contributed by atoms with Crippen molar-refractivity contribution in [3.8, 4) is 22.4 Å². The van der Waals surface area contributed by atoms with Crippen molar-refractivity contribution >= 4 is 28.8 Å². The highest BCUT2D eigenvalue weighted by Gasteiger charge is 2.13. The first-order valence-electron chi connectivity index (χ1n) is 8.17. The predicted molar refractivity (Wildman–Crippen MR) is 107 cm³/mol. The fraction of sp³-hybridized carbons (Fsp3) is 0.0952. The van der Waals surface area contributed by atoms with Crippen molar-refractivity contribution < 1.29 is 4.74 Å². The van der Waals surface area contributed by atoms with E-state index in [1.807, 2.05) is 53.1 Å². The van der Waals surface area contributed by atoms with Gasteiger partial charge in [0.15, 0.2) is 0 Å². The molecule has 0 amide bonds. The Kier molecular flexibility index (Phi) is 4.68. The number of hydrogen-bond donors (Lipinski definition) is 0. The summed E-state index contributed by atoms with van der Waals surface area (Å²) in [7, 11) is 1.70. The van der Waals surface area contributed by atoms with E-state index in [1.54, 1.807) is 7.11 Å². The molecule has 3 nitrogen and oxygen atoms in total. The summed E-state index contributed by atoms with van der Waals surface area (Å²) in [5.74, 6) is 0. The van der Waals surface area contributed by atoms with Gasteiger partial charge < -0.3 is 4.74 Å². The average Bonchev–Trinajstić information content (AvgIpc) is 2.99. The van der Waals surface area contributed by atoms with Crippen molar-refractivity contribution in [2.75, 3.05) is 7.11 Å². The fourth-order valence-corrected chi connectivity index (χ4v) is 3.40. The molecule has 4 aromatic rings. The van der Waals surface area contributed by atoms with E-state index in [9.17, 15) is 0 Å². The number of benzene rings is 2. The standard InChI is InChI=1S/C21H16Cl2N2O/c1-26-13-14-3-2-4-16(11-14)17-7-10-19-24-20(21(23)25(19)12-17)15-5-8-18(22)9-6-15/h2-12H,13H2,1H3. The van der Waals surface area contributed by atoms with Crippen LogP contribution < -0.4 is 0 Å². The van der Waals surface area contributed by atoms with Crippen LogP contribution in [0.2, 0.25) is 10.2 Å². The van der Waals surface area contributed by atoms with Crippen molar-refractivity contribution in [2.45, 2.75) is 6.61 Å². The molecule has 130 valence electrons. The van der Waals surface area contributed by atoms with Crippen LogP contribution in [-0.2, 0) is 11.3 Å². The van der Waals surface area contributed by atoms with E-state index >= 15 is 0 Å². The lowest BCUT2D eigenvalue weighted by molar-refractivity contribution is 0.185. The summed E-state index contributed by atoms with van der Waals surface area (Å²) in [5.41, 5.74) is 5.79. The zero-order valence-corrected chi connectivity index (χ0v) is 15.6. The number of imidazole rings is 1. The first-order valence-corrected chi connectivity index (χ1v) is 8.93. The van der Waals surface area contributed by atoms with Gasteiger partial charge in [0.05, 0.1) is 6.61 Å². The molecule has 0 atom stereocenters. The van der Waals surface area contributed by atoms with E-state index < -0.39 is 0 Å². The lowest BCUT2D eigenvalue weighted by atomic mass is 10.1. The first kappa shape index (κ1) is 17.1. The molecule has 2 aromatic heterocycles. The van der Waals surface area contributed by atoms with E-state index in [2.05, 4.69) is 23.2 Å². The smallest absolute Gasteiger partial charge is 0.141 e. The molecule has 0 saturated carbocycles. The Balaban J connectivity index is 1.79. The molecule has 26 heavy (non-hydrogen) atoms. The van der Waals surface area contributed by atoms with Gasteiger partial charge in [-0.2, -0.15) is 0 Å². The largest absolute Gasteiger partial charge is 0.380 e. The quantitative estimate of drug-likeness (QED) is 0.424. The van der Waals surface area contributed by atoms with Gasteiger partial charge in [0.1, 0.15) is 16.5 Å². The minimum Gasteiger partial charge on any atom is -0.380 e. The molecule has 5 heteroatoms. The third-order valence-corrected chi connectivity index (χ3v) is 4.86. The summed E-state index contributed by atoms with van der Waals surface area (Å²) in [4.78, 5) is 4.66. The van der Waals surface area contributed by atoms with Crippen molar-refractivity contribution in [1.29, 1.82) is 0 Å². The number of nitrogens with zero attached hydrogens (tertiary/aromatic N) is 2. The summed E-state index contributed by atoms with van der Waals surface area (Å²) in [6, 6.07) is 19.8. The lowest BCUT2D eigenvalue weighted by Gasteiger charge is -2.06. The summed E-state index contributed by atoms with van der Waals surface area (Å²) in [6.07, 6.45) is 2.01. The number of halogens is 2. The second-order valence-corrected chi connectivity index (χ2v) is 6.83. The molecule has 2 heterocycles. The number of methoxy groups -OCH3 is 1. The maximum Gasteiger partial charge on any atom is 0.141 e. The number of ether oxygens (including phenoxy) is 1. The third kappa shape index (κ3) is 3.21. The Labute approximate surface area is 161 Å². The monoisotopic (exact) mass is 382 g/mol. The van der Waals surface area contributed by atoms with Gasteiger partial charge >= 0.3 is 0 Å². The zero-order valence-electron chi connectivity index (χ0n) is 14.1. The number of hydrogen-bond acceptors (Lipinski definition) is 2. The highest BCUT2D eigenvalue weighted by Crippen LogP contribution is 2.31. The SMILES string of the molecule is COCc1cccc(-c2ccc3nc(-c4ccc(Cl)cc4)c(Cl)n3c2)c1. The number of rotatable bonds is 4. The van der Waals surface area contributed by atoms with Gasteiger partial charge in [0, 0.05) is 23.9 Å². The van der Waals surface area contributed by atoms with Crippen molar-refractivity contribution in [2.24, 2.45) is 0 Å². The van der Waals surface area contributed by atoms with E-state index in [-0.39, 0.29) is 0 Å². The van der Waals surface area contributed by atoms with Gasteiger partial charge in [0.25, 0.3) is 0 Å². The number of aromatic nitrogens is 2. The molecule has 2 aromatic carbocycles. The number of fused-ring (bicyclic) bond motifs is 1. The first-order chi connectivity index (χ1) is 12.7. The lowest BCUT2D eigenvalue weighted by Crippen LogP contribution is -1.90. The van der Waals surface area contributed by atoms with Crippen LogP contribution in [0.5, 0.6) is 0 Å². The van der Waals surface area contributed by atoms with Crippen LogP contribution in [0.25, 0.3) is 28.0 Å². The highest BCUT2D eigenvalue weighted by molar-refractivity contribution is 6.32. The molecule has 0 bridgehead atoms. The summed E-state index contributed by atoms with van der Waals surface area (Å²) in [6.45, 7) is 0.586. The second kappa shape index (κ2) is 7.12. The molecule has 0 N–H and O–H groups in total. The fourth-order valence-electron chi connectivity index (χ4n) is 2.99. The van der Waals surface area contributed by atoms with Crippen LogP contribution in [0, 0.1) is 0 Å². The Morgan fingerprint density at radius 1 is 0.923 bits per heavy atom. The molecule has 0 unspecified atom stereocenters. The number of pyridine rings is 1. The normalized spacial score (nSPS) is 11.2. The van der Waals surface area contributed by atoms with Crippen LogP contribution in [0.3, 0.4) is 0 Å². The minimum atomic E-state index is 0.581. The van der Waals surface area contributed by atoms with Gasteiger partial charge in [-0.1, -0.05) is 53.5 Å². The molecule has 0 aliphatic carbocycles. The Morgan fingerprint density at radius 3 is 2.46 bits per heavy atom. The topological polar surface area (TPSA) is 26.5 Å². The third-order valence-electron chi connectivity index (χ3n) is 4.25. The Bertz CT molecular complexity index is 1070.